The van der Waals surface area contributed by atoms with E-state index >= 15 is 9.13 Å². The summed E-state index contributed by atoms with van der Waals surface area (Å²) in [6, 6.07) is 37.4. The lowest BCUT2D eigenvalue weighted by atomic mass is 10.2. The molecule has 0 heterocycles. The fraction of sp³-hybridized carbons (Fsp3) is 0.231. The molecule has 0 amide bonds. The quantitative estimate of drug-likeness (QED) is 0.107. The van der Waals surface area contributed by atoms with Gasteiger partial charge in [0.1, 0.15) is 28.7 Å². The highest BCUT2D eigenvalue weighted by molar-refractivity contribution is 7.79. The summed E-state index contributed by atoms with van der Waals surface area (Å²) in [6.45, 7) is 0.745. The molecule has 0 aliphatic carbocycles. The minimum absolute atomic E-state index is 0.257. The maximum absolute atomic E-state index is 15.5. The normalized spacial score (nSPS) is 11.4. The number of hydrogen-bond acceptors (Lipinski definition) is 8. The summed E-state index contributed by atoms with van der Waals surface area (Å²) < 4.78 is 59.4. The molecule has 0 saturated heterocycles. The molecule has 0 saturated carbocycles. The number of benzene rings is 5. The number of para-hydroxylation sites is 4. The van der Waals surface area contributed by atoms with E-state index in [1.807, 2.05) is 121 Å². The van der Waals surface area contributed by atoms with Gasteiger partial charge in [0.15, 0.2) is 14.3 Å². The van der Waals surface area contributed by atoms with Gasteiger partial charge in [0.2, 0.25) is 0 Å². The van der Waals surface area contributed by atoms with Gasteiger partial charge in [-0.3, -0.25) is 0 Å². The first-order chi connectivity index (χ1) is 23.8. The van der Waals surface area contributed by atoms with E-state index in [0.717, 1.165) is 5.69 Å². The van der Waals surface area contributed by atoms with Crippen LogP contribution in [0.1, 0.15) is 0 Å². The van der Waals surface area contributed by atoms with Gasteiger partial charge < -0.3 is 37.7 Å². The zero-order valence-corrected chi connectivity index (χ0v) is 30.4. The van der Waals surface area contributed by atoms with Crippen LogP contribution in [0.3, 0.4) is 0 Å². The molecule has 5 aromatic rings. The molecule has 5 aromatic carbocycles. The van der Waals surface area contributed by atoms with Crippen molar-refractivity contribution in [3.63, 3.8) is 0 Å². The number of methoxy groups -OCH3 is 5. The molecule has 0 radical (unpaired) electrons. The Labute approximate surface area is 289 Å². The second-order valence-electron chi connectivity index (χ2n) is 11.3. The van der Waals surface area contributed by atoms with Gasteiger partial charge >= 0.3 is 0 Å². The molecular weight excluding hydrogens is 656 g/mol. The van der Waals surface area contributed by atoms with Crippen LogP contribution in [0, 0.1) is 0 Å². The minimum atomic E-state index is -3.35. The third-order valence-corrected chi connectivity index (χ3v) is 15.0. The van der Waals surface area contributed by atoms with Crippen molar-refractivity contribution in [2.75, 3.05) is 65.9 Å². The van der Waals surface area contributed by atoms with Gasteiger partial charge in [0.05, 0.1) is 56.8 Å². The van der Waals surface area contributed by atoms with Crippen molar-refractivity contribution in [1.82, 2.24) is 0 Å². The van der Waals surface area contributed by atoms with Crippen molar-refractivity contribution in [3.05, 3.63) is 121 Å². The lowest BCUT2D eigenvalue weighted by Gasteiger charge is -2.31. The monoisotopic (exact) mass is 699 g/mol. The van der Waals surface area contributed by atoms with Gasteiger partial charge in [-0.1, -0.05) is 48.5 Å². The zero-order chi connectivity index (χ0) is 34.9. The fourth-order valence-electron chi connectivity index (χ4n) is 6.14. The van der Waals surface area contributed by atoms with Gasteiger partial charge in [0.25, 0.3) is 0 Å². The minimum Gasteiger partial charge on any atom is -0.497 e. The van der Waals surface area contributed by atoms with Crippen LogP contribution in [0.5, 0.6) is 28.7 Å². The highest BCUT2D eigenvalue weighted by atomic mass is 31.2. The summed E-state index contributed by atoms with van der Waals surface area (Å²) in [4.78, 5) is 2.13. The molecule has 49 heavy (non-hydrogen) atoms. The number of rotatable bonds is 16. The molecule has 5 rings (SSSR count). The van der Waals surface area contributed by atoms with Gasteiger partial charge in [-0.15, -0.1) is 0 Å². The van der Waals surface area contributed by atoms with E-state index in [-0.39, 0.29) is 12.3 Å². The second-order valence-corrected chi connectivity index (χ2v) is 17.1. The van der Waals surface area contributed by atoms with E-state index in [9.17, 15) is 0 Å². The number of anilines is 1. The topological polar surface area (TPSA) is 83.5 Å². The molecule has 10 heteroatoms. The Morgan fingerprint density at radius 3 is 1.02 bits per heavy atom. The van der Waals surface area contributed by atoms with E-state index in [1.54, 1.807) is 35.5 Å². The maximum Gasteiger partial charge on any atom is 0.152 e. The predicted molar refractivity (Wildman–Crippen MR) is 201 cm³/mol. The molecule has 0 atom stereocenters. The molecule has 0 unspecified atom stereocenters. The highest BCUT2D eigenvalue weighted by Gasteiger charge is 2.36. The van der Waals surface area contributed by atoms with Crippen molar-refractivity contribution in [2.24, 2.45) is 0 Å². The second kappa shape index (κ2) is 16.2. The Kier molecular flexibility index (Phi) is 11.8. The highest BCUT2D eigenvalue weighted by Crippen LogP contribution is 2.50. The van der Waals surface area contributed by atoms with Gasteiger partial charge in [-0.25, -0.2) is 0 Å². The third kappa shape index (κ3) is 7.51. The van der Waals surface area contributed by atoms with Crippen molar-refractivity contribution >= 4 is 41.2 Å². The predicted octanol–water partition coefficient (Wildman–Crippen LogP) is 6.56. The number of hydrogen-bond donors (Lipinski definition) is 0. The smallest absolute Gasteiger partial charge is 0.152 e. The van der Waals surface area contributed by atoms with Gasteiger partial charge in [-0.05, 0) is 72.8 Å². The Bertz CT molecular complexity index is 1730. The fourth-order valence-corrected chi connectivity index (χ4v) is 12.1. The molecule has 0 bridgehead atoms. The van der Waals surface area contributed by atoms with Crippen LogP contribution in [-0.2, 0) is 9.13 Å². The van der Waals surface area contributed by atoms with E-state index in [4.69, 9.17) is 23.7 Å². The SMILES string of the molecule is COc1ccc(N(CCP(=O)(c2ccccc2OC)c2ccccc2OC)CCP(=O)(c2ccccc2OC)c2ccccc2OC)cc1. The van der Waals surface area contributed by atoms with Gasteiger partial charge in [0, 0.05) is 31.1 Å². The molecule has 0 aliphatic heterocycles. The van der Waals surface area contributed by atoms with E-state index in [1.165, 1.54) is 0 Å². The lowest BCUT2D eigenvalue weighted by Crippen LogP contribution is -2.34. The Morgan fingerprint density at radius 1 is 0.429 bits per heavy atom. The number of nitrogens with zero attached hydrogens (tertiary/aromatic N) is 1. The molecular formula is C39H43NO7P2. The van der Waals surface area contributed by atoms with Crippen LogP contribution in [0.4, 0.5) is 5.69 Å². The number of ether oxygens (including phenoxy) is 5. The third-order valence-electron chi connectivity index (χ3n) is 8.70. The van der Waals surface area contributed by atoms with Crippen LogP contribution in [0.25, 0.3) is 0 Å². The van der Waals surface area contributed by atoms with Crippen molar-refractivity contribution in [1.29, 1.82) is 0 Å². The molecule has 8 nitrogen and oxygen atoms in total. The van der Waals surface area contributed by atoms with Crippen LogP contribution >= 0.6 is 14.3 Å². The molecule has 0 spiro atoms. The van der Waals surface area contributed by atoms with Crippen molar-refractivity contribution in [3.8, 4) is 28.7 Å². The molecule has 256 valence electrons. The molecule has 0 fully saturated rings. The Morgan fingerprint density at radius 2 is 0.735 bits per heavy atom. The van der Waals surface area contributed by atoms with Crippen LogP contribution in [-0.4, -0.2) is 61.0 Å². The zero-order valence-electron chi connectivity index (χ0n) is 28.6. The summed E-state index contributed by atoms with van der Waals surface area (Å²) in [6.07, 6.45) is 0.515. The van der Waals surface area contributed by atoms with E-state index < -0.39 is 14.3 Å². The van der Waals surface area contributed by atoms with Crippen molar-refractivity contribution < 1.29 is 32.8 Å². The molecule has 0 N–H and O–H groups in total. The Balaban J connectivity index is 1.60. The summed E-state index contributed by atoms with van der Waals surface area (Å²) in [5.74, 6) is 2.90. The largest absolute Gasteiger partial charge is 0.497 e. The Hall–Kier alpha value is -4.64. The first-order valence-electron chi connectivity index (χ1n) is 15.9. The summed E-state index contributed by atoms with van der Waals surface area (Å²) in [5.41, 5.74) is 0.874. The average Bonchev–Trinajstić information content (AvgIpc) is 3.17. The van der Waals surface area contributed by atoms with E-state index in [2.05, 4.69) is 4.90 Å². The van der Waals surface area contributed by atoms with Crippen LogP contribution < -0.4 is 49.8 Å². The summed E-state index contributed by atoms with van der Waals surface area (Å²) in [7, 11) is 1.26. The van der Waals surface area contributed by atoms with Gasteiger partial charge in [-0.2, -0.15) is 0 Å². The first kappa shape index (κ1) is 35.7. The average molecular weight is 700 g/mol. The first-order valence-corrected chi connectivity index (χ1v) is 19.7. The maximum atomic E-state index is 15.5. The standard InChI is InChI=1S/C39H43NO7P2/c1-43-31-24-22-30(23-25-31)40(26-28-48(41,36-18-10-6-14-32(36)44-2)37-19-11-7-15-33(37)45-3)27-29-49(42,38-20-12-8-16-34(38)46-4)39-21-13-9-17-35(39)47-5/h6-25H,26-29H2,1-5H3. The lowest BCUT2D eigenvalue weighted by molar-refractivity contribution is 0.414. The molecule has 0 aromatic heterocycles. The van der Waals surface area contributed by atoms with Crippen molar-refractivity contribution in [2.45, 2.75) is 0 Å². The van der Waals surface area contributed by atoms with E-state index in [0.29, 0.717) is 63.1 Å². The molecule has 0 aliphatic rings. The van der Waals surface area contributed by atoms with Crippen LogP contribution in [0.15, 0.2) is 121 Å². The summed E-state index contributed by atoms with van der Waals surface area (Å²) >= 11 is 0. The summed E-state index contributed by atoms with van der Waals surface area (Å²) in [5, 5.41) is 2.46. The van der Waals surface area contributed by atoms with Crippen LogP contribution in [0.2, 0.25) is 0 Å².